The Bertz CT molecular complexity index is 1440. The van der Waals surface area contributed by atoms with E-state index in [0.717, 1.165) is 19.5 Å². The normalized spacial score (nSPS) is 14.2. The Labute approximate surface area is 176 Å². The van der Waals surface area contributed by atoms with Crippen molar-refractivity contribution < 1.29 is 22.0 Å². The second kappa shape index (κ2) is 7.05. The van der Waals surface area contributed by atoms with Crippen molar-refractivity contribution in [2.45, 2.75) is 24.9 Å². The van der Waals surface area contributed by atoms with Crippen LogP contribution in [0.15, 0.2) is 46.0 Å². The van der Waals surface area contributed by atoms with E-state index in [9.17, 15) is 17.6 Å². The zero-order valence-electron chi connectivity index (χ0n) is 16.5. The quantitative estimate of drug-likeness (QED) is 0.505. The van der Waals surface area contributed by atoms with Gasteiger partial charge in [0.15, 0.2) is 11.4 Å². The van der Waals surface area contributed by atoms with E-state index in [2.05, 4.69) is 10.1 Å². The number of hydrogen-bond acceptors (Lipinski definition) is 7. The molecule has 1 aliphatic rings. The number of pyridine rings is 1. The van der Waals surface area contributed by atoms with E-state index in [1.807, 2.05) is 9.62 Å². The van der Waals surface area contributed by atoms with E-state index in [0.29, 0.717) is 23.3 Å². The molecule has 0 aliphatic carbocycles. The van der Waals surface area contributed by atoms with Crippen molar-refractivity contribution in [3.8, 4) is 0 Å². The van der Waals surface area contributed by atoms with Crippen molar-refractivity contribution in [2.75, 3.05) is 18.0 Å². The van der Waals surface area contributed by atoms with Gasteiger partial charge in [-0.05, 0) is 31.5 Å². The number of rotatable bonds is 5. The zero-order valence-corrected chi connectivity index (χ0v) is 17.3. The number of furan rings is 1. The number of benzene rings is 1. The summed E-state index contributed by atoms with van der Waals surface area (Å²) in [4.78, 5) is 18.8. The van der Waals surface area contributed by atoms with Gasteiger partial charge >= 0.3 is 5.91 Å². The van der Waals surface area contributed by atoms with Crippen LogP contribution in [0, 0.1) is 5.82 Å². The predicted molar refractivity (Wildman–Crippen MR) is 111 cm³/mol. The van der Waals surface area contributed by atoms with Gasteiger partial charge in [-0.2, -0.15) is 13.5 Å². The average molecular weight is 443 g/mol. The molecule has 0 spiro atoms. The van der Waals surface area contributed by atoms with Crippen molar-refractivity contribution in [1.29, 1.82) is 0 Å². The molecule has 1 N–H and O–H groups in total. The van der Waals surface area contributed by atoms with E-state index < -0.39 is 21.7 Å². The molecule has 1 aliphatic heterocycles. The lowest BCUT2D eigenvalue weighted by molar-refractivity contribution is 0.0956. The topological polar surface area (TPSA) is 110 Å². The standard InChI is InChI=1S/C20H18FN5O4S/c1-2-26-18-13(5-3-6-22-18)20(23-26)31(28,29)24-19(27)17-11-14-15(21)9-12(10-16(14)30-17)25-7-4-8-25/h3,5-6,9-11H,2,4,7-8H2,1H3,(H,24,27). The number of aromatic nitrogens is 3. The molecular formula is C20H18FN5O4S. The number of hydrogen-bond donors (Lipinski definition) is 1. The molecule has 1 amide bonds. The Balaban J connectivity index is 1.48. The summed E-state index contributed by atoms with van der Waals surface area (Å²) in [5.74, 6) is -1.86. The van der Waals surface area contributed by atoms with E-state index in [1.165, 1.54) is 23.0 Å². The first-order chi connectivity index (χ1) is 14.9. The molecule has 1 aromatic carbocycles. The van der Waals surface area contributed by atoms with Crippen LogP contribution in [0.5, 0.6) is 0 Å². The van der Waals surface area contributed by atoms with Gasteiger partial charge in [-0.3, -0.25) is 4.79 Å². The number of amides is 1. The van der Waals surface area contributed by atoms with Crippen LogP contribution in [-0.2, 0) is 16.6 Å². The molecule has 3 aromatic heterocycles. The minimum atomic E-state index is -4.32. The molecule has 11 heteroatoms. The largest absolute Gasteiger partial charge is 0.451 e. The van der Waals surface area contributed by atoms with Crippen LogP contribution in [0.1, 0.15) is 23.9 Å². The summed E-state index contributed by atoms with van der Waals surface area (Å²) in [6, 6.07) is 7.37. The summed E-state index contributed by atoms with van der Waals surface area (Å²) in [6.07, 6.45) is 2.56. The van der Waals surface area contributed by atoms with Gasteiger partial charge in [-0.1, -0.05) is 0 Å². The maximum atomic E-state index is 14.5. The third kappa shape index (κ3) is 3.21. The van der Waals surface area contributed by atoms with Crippen molar-refractivity contribution in [3.05, 3.63) is 48.1 Å². The monoisotopic (exact) mass is 443 g/mol. The first kappa shape index (κ1) is 19.5. The lowest BCUT2D eigenvalue weighted by Gasteiger charge is -2.33. The number of carbonyl (C=O) groups is 1. The minimum Gasteiger partial charge on any atom is -0.451 e. The molecular weight excluding hydrogens is 425 g/mol. The molecule has 31 heavy (non-hydrogen) atoms. The highest BCUT2D eigenvalue weighted by atomic mass is 32.2. The number of anilines is 1. The third-order valence-electron chi connectivity index (χ3n) is 5.27. The van der Waals surface area contributed by atoms with Crippen LogP contribution in [-0.4, -0.2) is 42.2 Å². The number of aryl methyl sites for hydroxylation is 1. The molecule has 9 nitrogen and oxygen atoms in total. The van der Waals surface area contributed by atoms with E-state index in [4.69, 9.17) is 4.42 Å². The number of carbonyl (C=O) groups excluding carboxylic acids is 1. The molecule has 0 saturated carbocycles. The molecule has 0 radical (unpaired) electrons. The Morgan fingerprint density at radius 2 is 2.06 bits per heavy atom. The van der Waals surface area contributed by atoms with Crippen molar-refractivity contribution in [2.24, 2.45) is 0 Å². The Morgan fingerprint density at radius 1 is 1.26 bits per heavy atom. The highest BCUT2D eigenvalue weighted by Gasteiger charge is 2.28. The highest BCUT2D eigenvalue weighted by molar-refractivity contribution is 7.90. The first-order valence-corrected chi connectivity index (χ1v) is 11.2. The number of fused-ring (bicyclic) bond motifs is 2. The molecule has 0 unspecified atom stereocenters. The fraction of sp³-hybridized carbons (Fsp3) is 0.250. The van der Waals surface area contributed by atoms with Gasteiger partial charge < -0.3 is 9.32 Å². The lowest BCUT2D eigenvalue weighted by Crippen LogP contribution is -2.36. The lowest BCUT2D eigenvalue weighted by atomic mass is 10.1. The van der Waals surface area contributed by atoms with Crippen LogP contribution in [0.3, 0.4) is 0 Å². The van der Waals surface area contributed by atoms with Gasteiger partial charge in [-0.15, -0.1) is 0 Å². The second-order valence-corrected chi connectivity index (χ2v) is 8.82. The summed E-state index contributed by atoms with van der Waals surface area (Å²) < 4.78 is 49.1. The number of sulfonamides is 1. The highest BCUT2D eigenvalue weighted by Crippen LogP contribution is 2.30. The zero-order chi connectivity index (χ0) is 21.8. The summed E-state index contributed by atoms with van der Waals surface area (Å²) >= 11 is 0. The van der Waals surface area contributed by atoms with Gasteiger partial charge in [0, 0.05) is 43.7 Å². The fourth-order valence-electron chi connectivity index (χ4n) is 3.57. The summed E-state index contributed by atoms with van der Waals surface area (Å²) in [5, 5.41) is 4.17. The Hall–Kier alpha value is -3.47. The smallest absolute Gasteiger partial charge is 0.300 e. The van der Waals surface area contributed by atoms with Crippen LogP contribution < -0.4 is 9.62 Å². The second-order valence-electron chi connectivity index (χ2n) is 7.22. The number of nitrogens with one attached hydrogen (secondary N) is 1. The van der Waals surface area contributed by atoms with Crippen molar-refractivity contribution in [3.63, 3.8) is 0 Å². The van der Waals surface area contributed by atoms with Crippen LogP contribution in [0.25, 0.3) is 22.0 Å². The molecule has 0 atom stereocenters. The number of nitrogens with zero attached hydrogens (tertiary/aromatic N) is 4. The Kier molecular flexibility index (Phi) is 4.43. The molecule has 4 aromatic rings. The van der Waals surface area contributed by atoms with Gasteiger partial charge in [0.1, 0.15) is 11.4 Å². The average Bonchev–Trinajstić information content (AvgIpc) is 3.28. The molecule has 1 saturated heterocycles. The van der Waals surface area contributed by atoms with Crippen LogP contribution in [0.2, 0.25) is 0 Å². The molecule has 5 rings (SSSR count). The van der Waals surface area contributed by atoms with Gasteiger partial charge in [0.25, 0.3) is 10.0 Å². The van der Waals surface area contributed by atoms with E-state index >= 15 is 0 Å². The SMILES string of the molecule is CCn1nc(S(=O)(=O)NC(=O)c2cc3c(F)cc(N4CCC4)cc3o2)c2cccnc21. The summed E-state index contributed by atoms with van der Waals surface area (Å²) in [6.45, 7) is 3.85. The van der Waals surface area contributed by atoms with Gasteiger partial charge in [0.05, 0.1) is 10.8 Å². The van der Waals surface area contributed by atoms with E-state index in [1.54, 1.807) is 25.1 Å². The molecule has 160 valence electrons. The first-order valence-electron chi connectivity index (χ1n) is 9.74. The molecule has 0 bridgehead atoms. The Morgan fingerprint density at radius 3 is 2.77 bits per heavy atom. The van der Waals surface area contributed by atoms with Crippen molar-refractivity contribution >= 4 is 43.6 Å². The number of halogens is 1. The maximum Gasteiger partial charge on any atom is 0.300 e. The van der Waals surface area contributed by atoms with Crippen LogP contribution >= 0.6 is 0 Å². The minimum absolute atomic E-state index is 0.108. The fourth-order valence-corrected chi connectivity index (χ4v) is 4.67. The maximum absolute atomic E-state index is 14.5. The summed E-state index contributed by atoms with van der Waals surface area (Å²) in [5.41, 5.74) is 1.23. The van der Waals surface area contributed by atoms with Crippen LogP contribution in [0.4, 0.5) is 10.1 Å². The summed E-state index contributed by atoms with van der Waals surface area (Å²) in [7, 11) is -4.32. The third-order valence-corrected chi connectivity index (χ3v) is 6.54. The van der Waals surface area contributed by atoms with Gasteiger partial charge in [-0.25, -0.2) is 18.8 Å². The predicted octanol–water partition coefficient (Wildman–Crippen LogP) is 2.67. The van der Waals surface area contributed by atoms with Crippen molar-refractivity contribution in [1.82, 2.24) is 19.5 Å². The molecule has 1 fully saturated rings. The van der Waals surface area contributed by atoms with E-state index in [-0.39, 0.29) is 21.8 Å². The van der Waals surface area contributed by atoms with Gasteiger partial charge in [0.2, 0.25) is 5.03 Å². The molecule has 4 heterocycles.